The summed E-state index contributed by atoms with van der Waals surface area (Å²) in [5.41, 5.74) is -1.77. The number of hydrogen-bond acceptors (Lipinski definition) is 7. The number of fused-ring (bicyclic) bond motifs is 3. The van der Waals surface area contributed by atoms with Gasteiger partial charge < -0.3 is 15.1 Å². The molecule has 1 saturated carbocycles. The highest BCUT2D eigenvalue weighted by Gasteiger charge is 2.67. The number of carbonyl (C=O) groups is 4. The van der Waals surface area contributed by atoms with Crippen LogP contribution in [0.1, 0.15) is 81.8 Å². The molecule has 0 heterocycles. The highest BCUT2D eigenvalue weighted by molar-refractivity contribution is 6.25. The Kier molecular flexibility index (Phi) is 6.28. The Morgan fingerprint density at radius 1 is 1.19 bits per heavy atom. The van der Waals surface area contributed by atoms with Crippen LogP contribution in [0, 0.1) is 28.6 Å². The van der Waals surface area contributed by atoms with E-state index in [1.165, 1.54) is 6.92 Å². The number of nitrogens with zero attached hydrogens (tertiary/aromatic N) is 1. The number of anilines is 1. The highest BCUT2D eigenvalue weighted by atomic mass is 16.3. The number of hydrogen-bond donors (Lipinski definition) is 2. The first-order valence-corrected chi connectivity index (χ1v) is 12.8. The molecule has 3 aliphatic rings. The zero-order valence-corrected chi connectivity index (χ0v) is 22.7. The molecule has 1 aromatic carbocycles. The smallest absolute Gasteiger partial charge is 0.193 e. The van der Waals surface area contributed by atoms with Crippen LogP contribution in [0.25, 0.3) is 0 Å². The van der Waals surface area contributed by atoms with E-state index >= 15 is 0 Å². The molecule has 0 saturated heterocycles. The highest BCUT2D eigenvalue weighted by Crippen LogP contribution is 2.62. The Hall–Kier alpha value is -3.24. The standard InChI is InChI=1S/C30H35NO6/c1-8-9-10-11-18-12-20(31(6)7)19-13-28(4)15-29(5)14-21(33)22(17(3)32)27(36)30(29,37)16(2)24(28)26(35)23(19)25(18)34/h12,22,34,37H,8-9,13-15H2,1-7H3. The lowest BCUT2D eigenvalue weighted by Crippen LogP contribution is -2.67. The van der Waals surface area contributed by atoms with Crippen molar-refractivity contribution in [2.45, 2.75) is 72.3 Å². The molecule has 196 valence electrons. The molecule has 37 heavy (non-hydrogen) atoms. The van der Waals surface area contributed by atoms with E-state index in [1.54, 1.807) is 19.9 Å². The number of Topliss-reactive ketones (excluding diaryl/α,β-unsaturated/α-hetero) is 4. The number of rotatable bonds is 3. The van der Waals surface area contributed by atoms with Gasteiger partial charge in [-0.2, -0.15) is 0 Å². The molecule has 2 N–H and O–H groups in total. The molecule has 0 radical (unpaired) electrons. The van der Waals surface area contributed by atoms with Crippen molar-refractivity contribution in [3.63, 3.8) is 0 Å². The minimum absolute atomic E-state index is 0.133. The monoisotopic (exact) mass is 505 g/mol. The number of aliphatic hydroxyl groups is 1. The molecule has 7 nitrogen and oxygen atoms in total. The third-order valence-corrected chi connectivity index (χ3v) is 8.57. The van der Waals surface area contributed by atoms with Crippen LogP contribution < -0.4 is 4.90 Å². The Labute approximate surface area is 217 Å². The van der Waals surface area contributed by atoms with Crippen molar-refractivity contribution in [1.29, 1.82) is 0 Å². The van der Waals surface area contributed by atoms with Crippen molar-refractivity contribution < 1.29 is 29.4 Å². The number of ketones is 4. The van der Waals surface area contributed by atoms with Gasteiger partial charge in [0.2, 0.25) is 0 Å². The van der Waals surface area contributed by atoms with Gasteiger partial charge in [0, 0.05) is 49.0 Å². The van der Waals surface area contributed by atoms with Crippen LogP contribution in [0.3, 0.4) is 0 Å². The number of unbranched alkanes of at least 4 members (excludes halogenated alkanes) is 1. The SMILES string of the molecule is CCCC#Cc1cc(N(C)C)c2c(c1O)C(=O)C1=C(C)C3(O)C(=O)C(C(C)=O)C(=O)CC3(C)CC1(C)C2. The number of carbonyl (C=O) groups excluding carboxylic acids is 4. The zero-order valence-electron chi connectivity index (χ0n) is 22.7. The van der Waals surface area contributed by atoms with Crippen LogP contribution in [-0.2, 0) is 20.8 Å². The summed E-state index contributed by atoms with van der Waals surface area (Å²) in [5.74, 6) is 1.85. The van der Waals surface area contributed by atoms with E-state index in [2.05, 4.69) is 11.8 Å². The second-order valence-electron chi connectivity index (χ2n) is 11.7. The molecule has 0 amide bonds. The van der Waals surface area contributed by atoms with E-state index in [1.807, 2.05) is 32.8 Å². The van der Waals surface area contributed by atoms with Gasteiger partial charge in [0.1, 0.15) is 17.5 Å². The fourth-order valence-corrected chi connectivity index (χ4v) is 7.10. The first-order valence-electron chi connectivity index (χ1n) is 12.8. The lowest BCUT2D eigenvalue weighted by atomic mass is 9.45. The van der Waals surface area contributed by atoms with Crippen LogP contribution in [0.15, 0.2) is 17.2 Å². The lowest BCUT2D eigenvalue weighted by Gasteiger charge is -2.58. The molecule has 0 aliphatic heterocycles. The Bertz CT molecular complexity index is 1360. The van der Waals surface area contributed by atoms with Crippen LogP contribution in [0.4, 0.5) is 5.69 Å². The maximum atomic E-state index is 14.2. The number of phenolic OH excluding ortho intramolecular Hbond substituents is 1. The van der Waals surface area contributed by atoms with Crippen LogP contribution in [0.5, 0.6) is 5.75 Å². The largest absolute Gasteiger partial charge is 0.506 e. The molecule has 4 atom stereocenters. The van der Waals surface area contributed by atoms with Gasteiger partial charge >= 0.3 is 0 Å². The maximum Gasteiger partial charge on any atom is 0.193 e. The minimum atomic E-state index is -2.14. The van der Waals surface area contributed by atoms with Crippen molar-refractivity contribution in [2.24, 2.45) is 16.7 Å². The van der Waals surface area contributed by atoms with Gasteiger partial charge in [-0.15, -0.1) is 0 Å². The topological polar surface area (TPSA) is 112 Å². The summed E-state index contributed by atoms with van der Waals surface area (Å²) in [4.78, 5) is 54.8. The average Bonchev–Trinajstić information content (AvgIpc) is 2.77. The fraction of sp³-hybridized carbons (Fsp3) is 0.533. The predicted octanol–water partition coefficient (Wildman–Crippen LogP) is 3.56. The van der Waals surface area contributed by atoms with E-state index in [-0.39, 0.29) is 35.3 Å². The summed E-state index contributed by atoms with van der Waals surface area (Å²) in [7, 11) is 3.72. The number of aromatic hydroxyl groups is 1. The van der Waals surface area contributed by atoms with Crippen LogP contribution in [-0.4, -0.2) is 53.0 Å². The lowest BCUT2D eigenvalue weighted by molar-refractivity contribution is -0.171. The summed E-state index contributed by atoms with van der Waals surface area (Å²) in [6.07, 6.45) is 1.93. The molecule has 4 rings (SSSR count). The van der Waals surface area contributed by atoms with Crippen LogP contribution >= 0.6 is 0 Å². The summed E-state index contributed by atoms with van der Waals surface area (Å²) in [5, 5.41) is 23.2. The molecule has 0 bridgehead atoms. The fourth-order valence-electron chi connectivity index (χ4n) is 7.10. The molecule has 7 heteroatoms. The molecule has 3 aliphatic carbocycles. The van der Waals surface area contributed by atoms with Gasteiger partial charge in [-0.25, -0.2) is 0 Å². The molecular formula is C30H35NO6. The summed E-state index contributed by atoms with van der Waals surface area (Å²) >= 11 is 0. The van der Waals surface area contributed by atoms with E-state index in [0.717, 1.165) is 12.1 Å². The van der Waals surface area contributed by atoms with Crippen molar-refractivity contribution in [3.05, 3.63) is 33.9 Å². The number of phenols is 1. The number of allylic oxidation sites excluding steroid dienone is 1. The summed E-state index contributed by atoms with van der Waals surface area (Å²) in [6.45, 7) is 8.33. The second-order valence-corrected chi connectivity index (χ2v) is 11.7. The second kappa shape index (κ2) is 8.66. The van der Waals surface area contributed by atoms with E-state index < -0.39 is 45.5 Å². The molecule has 1 fully saturated rings. The summed E-state index contributed by atoms with van der Waals surface area (Å²) in [6, 6.07) is 1.79. The first-order chi connectivity index (χ1) is 17.1. The van der Waals surface area contributed by atoms with Crippen molar-refractivity contribution in [3.8, 4) is 17.6 Å². The van der Waals surface area contributed by atoms with Crippen molar-refractivity contribution in [1.82, 2.24) is 0 Å². The van der Waals surface area contributed by atoms with E-state index in [9.17, 15) is 29.4 Å². The molecule has 4 unspecified atom stereocenters. The number of benzene rings is 1. The molecule has 0 aromatic heterocycles. The maximum absolute atomic E-state index is 14.2. The Morgan fingerprint density at radius 2 is 1.84 bits per heavy atom. The van der Waals surface area contributed by atoms with Gasteiger partial charge in [0.05, 0.1) is 11.1 Å². The van der Waals surface area contributed by atoms with Gasteiger partial charge in [0.15, 0.2) is 23.0 Å². The van der Waals surface area contributed by atoms with Gasteiger partial charge in [-0.1, -0.05) is 32.6 Å². The summed E-state index contributed by atoms with van der Waals surface area (Å²) < 4.78 is 0. The zero-order chi connectivity index (χ0) is 27.7. The van der Waals surface area contributed by atoms with Gasteiger partial charge in [0.25, 0.3) is 0 Å². The Balaban J connectivity index is 2.01. The van der Waals surface area contributed by atoms with E-state index in [0.29, 0.717) is 24.0 Å². The first kappa shape index (κ1) is 26.8. The average molecular weight is 506 g/mol. The minimum Gasteiger partial charge on any atom is -0.506 e. The van der Waals surface area contributed by atoms with E-state index in [4.69, 9.17) is 0 Å². The third kappa shape index (κ3) is 3.60. The van der Waals surface area contributed by atoms with Crippen LogP contribution in [0.2, 0.25) is 0 Å². The van der Waals surface area contributed by atoms with Crippen molar-refractivity contribution >= 4 is 28.8 Å². The van der Waals surface area contributed by atoms with Gasteiger partial charge in [-0.3, -0.25) is 19.2 Å². The normalized spacial score (nSPS) is 30.7. The third-order valence-electron chi connectivity index (χ3n) is 8.57. The van der Waals surface area contributed by atoms with Gasteiger partial charge in [-0.05, 0) is 50.3 Å². The Morgan fingerprint density at radius 3 is 2.41 bits per heavy atom. The molecule has 1 aromatic rings. The molecule has 0 spiro atoms. The van der Waals surface area contributed by atoms with Crippen molar-refractivity contribution in [2.75, 3.05) is 19.0 Å². The molecular weight excluding hydrogens is 470 g/mol. The quantitative estimate of drug-likeness (QED) is 0.477. The predicted molar refractivity (Wildman–Crippen MR) is 140 cm³/mol.